The molecule has 1 aromatic heterocycles. The van der Waals surface area contributed by atoms with Crippen LogP contribution >= 0.6 is 27.3 Å². The maximum absolute atomic E-state index is 13.7. The molecule has 0 fully saturated rings. The van der Waals surface area contributed by atoms with Crippen molar-refractivity contribution in [3.8, 4) is 0 Å². The predicted octanol–water partition coefficient (Wildman–Crippen LogP) is 6.83. The minimum atomic E-state index is -4.00. The molecule has 0 radical (unpaired) electrons. The molecule has 0 atom stereocenters. The largest absolute Gasteiger partial charge is 0.396 e. The zero-order chi connectivity index (χ0) is 24.6. The lowest BCUT2D eigenvalue weighted by Gasteiger charge is -2.13. The van der Waals surface area contributed by atoms with Crippen LogP contribution in [0.25, 0.3) is 0 Å². The van der Waals surface area contributed by atoms with Gasteiger partial charge in [-0.2, -0.15) is 0 Å². The van der Waals surface area contributed by atoms with Gasteiger partial charge in [-0.3, -0.25) is 4.79 Å². The van der Waals surface area contributed by atoms with E-state index in [1.807, 2.05) is 39.0 Å². The highest BCUT2D eigenvalue weighted by atomic mass is 79.9. The van der Waals surface area contributed by atoms with Gasteiger partial charge in [-0.05, 0) is 68.3 Å². The van der Waals surface area contributed by atoms with Gasteiger partial charge in [0.15, 0.2) is 0 Å². The summed E-state index contributed by atoms with van der Waals surface area (Å²) in [6.45, 7) is 5.76. The molecule has 0 unspecified atom stereocenters. The second kappa shape index (κ2) is 9.37. The molecule has 1 heterocycles. The van der Waals surface area contributed by atoms with Crippen LogP contribution in [-0.4, -0.2) is 14.2 Å². The Kier molecular flexibility index (Phi) is 6.66. The van der Waals surface area contributed by atoms with E-state index in [1.165, 1.54) is 0 Å². The molecule has 5 nitrogen and oxygen atoms in total. The van der Waals surface area contributed by atoms with Gasteiger partial charge in [0.25, 0.3) is 0 Å². The highest BCUT2D eigenvalue weighted by molar-refractivity contribution is 9.10. The molecule has 0 aliphatic rings. The summed E-state index contributed by atoms with van der Waals surface area (Å²) in [6, 6.07) is 19.3. The number of ketones is 1. The van der Waals surface area contributed by atoms with E-state index >= 15 is 0 Å². The standard InChI is InChI=1S/C26H23BrN2O3S2/c1-15-7-13-20(14-8-15)34(31,32)25-21(28)24(23(30)18-9-11-19(27)12-10-18)33-26(25)29-22-16(2)5-4-6-17(22)3/h4-14,29H,28H2,1-3H3. The normalized spacial score (nSPS) is 11.4. The van der Waals surface area contributed by atoms with E-state index in [0.717, 1.165) is 38.2 Å². The summed E-state index contributed by atoms with van der Waals surface area (Å²) in [7, 11) is -4.00. The molecular weight excluding hydrogens is 532 g/mol. The summed E-state index contributed by atoms with van der Waals surface area (Å²) in [5, 5.41) is 3.59. The summed E-state index contributed by atoms with van der Waals surface area (Å²) >= 11 is 4.42. The van der Waals surface area contributed by atoms with Crippen molar-refractivity contribution >= 4 is 59.3 Å². The number of nitrogens with two attached hydrogens (primary N) is 1. The third-order valence-electron chi connectivity index (χ3n) is 5.53. The fourth-order valence-electron chi connectivity index (χ4n) is 3.64. The smallest absolute Gasteiger partial charge is 0.211 e. The van der Waals surface area contributed by atoms with Crippen molar-refractivity contribution < 1.29 is 13.2 Å². The van der Waals surface area contributed by atoms with Crippen LogP contribution in [0.1, 0.15) is 31.9 Å². The van der Waals surface area contributed by atoms with Crippen LogP contribution in [0, 0.1) is 20.8 Å². The van der Waals surface area contributed by atoms with Gasteiger partial charge < -0.3 is 11.1 Å². The van der Waals surface area contributed by atoms with Crippen LogP contribution in [0.5, 0.6) is 0 Å². The van der Waals surface area contributed by atoms with E-state index < -0.39 is 9.84 Å². The number of nitrogens with one attached hydrogen (secondary N) is 1. The van der Waals surface area contributed by atoms with Gasteiger partial charge >= 0.3 is 0 Å². The maximum Gasteiger partial charge on any atom is 0.211 e. The van der Waals surface area contributed by atoms with E-state index in [0.29, 0.717) is 10.6 Å². The van der Waals surface area contributed by atoms with Crippen molar-refractivity contribution in [3.63, 3.8) is 0 Å². The quantitative estimate of drug-likeness (QED) is 0.255. The minimum Gasteiger partial charge on any atom is -0.396 e. The predicted molar refractivity (Wildman–Crippen MR) is 142 cm³/mol. The van der Waals surface area contributed by atoms with Crippen molar-refractivity contribution in [1.29, 1.82) is 0 Å². The van der Waals surface area contributed by atoms with Crippen LogP contribution in [-0.2, 0) is 9.84 Å². The summed E-state index contributed by atoms with van der Waals surface area (Å²) < 4.78 is 28.3. The summed E-state index contributed by atoms with van der Waals surface area (Å²) in [5.41, 5.74) is 10.4. The SMILES string of the molecule is Cc1ccc(S(=O)(=O)c2c(Nc3c(C)cccc3C)sc(C(=O)c3ccc(Br)cc3)c2N)cc1. The van der Waals surface area contributed by atoms with Crippen LogP contribution in [0.3, 0.4) is 0 Å². The van der Waals surface area contributed by atoms with Gasteiger partial charge in [-0.25, -0.2) is 8.42 Å². The van der Waals surface area contributed by atoms with E-state index in [9.17, 15) is 13.2 Å². The molecule has 0 amide bonds. The molecule has 0 saturated carbocycles. The third kappa shape index (κ3) is 4.53. The number of hydrogen-bond donors (Lipinski definition) is 2. The number of benzene rings is 3. The maximum atomic E-state index is 13.7. The summed E-state index contributed by atoms with van der Waals surface area (Å²) in [5.74, 6) is -0.329. The number of thiophene rings is 1. The van der Waals surface area contributed by atoms with Crippen molar-refractivity contribution in [2.24, 2.45) is 0 Å². The number of carbonyl (C=O) groups is 1. The fourth-order valence-corrected chi connectivity index (χ4v) is 6.82. The zero-order valence-corrected chi connectivity index (χ0v) is 22.1. The van der Waals surface area contributed by atoms with Gasteiger partial charge in [0.05, 0.1) is 10.6 Å². The first-order valence-electron chi connectivity index (χ1n) is 10.5. The van der Waals surface area contributed by atoms with Gasteiger partial charge in [0.2, 0.25) is 15.6 Å². The number of para-hydroxylation sites is 1. The molecule has 4 aromatic rings. The lowest BCUT2D eigenvalue weighted by molar-refractivity contribution is 0.104. The molecule has 0 aliphatic carbocycles. The van der Waals surface area contributed by atoms with E-state index in [2.05, 4.69) is 21.2 Å². The number of halogens is 1. The van der Waals surface area contributed by atoms with Crippen LogP contribution in [0.4, 0.5) is 16.4 Å². The number of sulfone groups is 1. The zero-order valence-electron chi connectivity index (χ0n) is 18.8. The molecule has 0 spiro atoms. The molecule has 8 heteroatoms. The average Bonchev–Trinajstić information content (AvgIpc) is 3.13. The highest BCUT2D eigenvalue weighted by Gasteiger charge is 2.32. The molecule has 0 bridgehead atoms. The van der Waals surface area contributed by atoms with E-state index in [4.69, 9.17) is 5.73 Å². The molecular formula is C26H23BrN2O3S2. The average molecular weight is 556 g/mol. The fraction of sp³-hybridized carbons (Fsp3) is 0.115. The Hall–Kier alpha value is -2.94. The topological polar surface area (TPSA) is 89.3 Å². The van der Waals surface area contributed by atoms with E-state index in [-0.39, 0.29) is 26.1 Å². The molecule has 34 heavy (non-hydrogen) atoms. The minimum absolute atomic E-state index is 0.0489. The molecule has 3 aromatic carbocycles. The molecule has 0 saturated heterocycles. The second-order valence-corrected chi connectivity index (χ2v) is 11.9. The van der Waals surface area contributed by atoms with E-state index in [1.54, 1.807) is 48.5 Å². The van der Waals surface area contributed by atoms with Crippen LogP contribution < -0.4 is 11.1 Å². The Bertz CT molecular complexity index is 1470. The van der Waals surface area contributed by atoms with Crippen LogP contribution in [0.2, 0.25) is 0 Å². The number of hydrogen-bond acceptors (Lipinski definition) is 6. The monoisotopic (exact) mass is 554 g/mol. The van der Waals surface area contributed by atoms with Gasteiger partial charge in [-0.1, -0.05) is 51.8 Å². The highest BCUT2D eigenvalue weighted by Crippen LogP contribution is 2.44. The summed E-state index contributed by atoms with van der Waals surface area (Å²) in [6.07, 6.45) is 0. The van der Waals surface area contributed by atoms with Gasteiger partial charge in [0.1, 0.15) is 14.8 Å². The Labute approximate surface area is 211 Å². The molecule has 4 rings (SSSR count). The van der Waals surface area contributed by atoms with Gasteiger partial charge in [-0.15, -0.1) is 11.3 Å². The first-order chi connectivity index (χ1) is 16.1. The Morgan fingerprint density at radius 2 is 1.50 bits per heavy atom. The van der Waals surface area contributed by atoms with Crippen molar-refractivity contribution in [1.82, 2.24) is 0 Å². The second-order valence-electron chi connectivity index (χ2n) is 8.05. The Morgan fingerprint density at radius 3 is 2.09 bits per heavy atom. The molecule has 0 aliphatic heterocycles. The third-order valence-corrected chi connectivity index (χ3v) is 9.16. The lowest BCUT2D eigenvalue weighted by atomic mass is 10.1. The van der Waals surface area contributed by atoms with Crippen molar-refractivity contribution in [2.75, 3.05) is 11.1 Å². The number of rotatable bonds is 6. The van der Waals surface area contributed by atoms with Crippen molar-refractivity contribution in [3.05, 3.63) is 98.3 Å². The first-order valence-corrected chi connectivity index (χ1v) is 13.6. The lowest BCUT2D eigenvalue weighted by Crippen LogP contribution is -2.08. The van der Waals surface area contributed by atoms with Crippen molar-refractivity contribution in [2.45, 2.75) is 30.6 Å². The summed E-state index contributed by atoms with van der Waals surface area (Å²) in [4.78, 5) is 13.6. The molecule has 174 valence electrons. The van der Waals surface area contributed by atoms with Gasteiger partial charge in [0, 0.05) is 15.7 Å². The molecule has 3 N–H and O–H groups in total. The number of anilines is 3. The number of aryl methyl sites for hydroxylation is 3. The van der Waals surface area contributed by atoms with Crippen LogP contribution in [0.15, 0.2) is 81.0 Å². The number of carbonyl (C=O) groups excluding carboxylic acids is 1. The Balaban J connectivity index is 1.91. The number of nitrogen functional groups attached to an aromatic ring is 1. The first kappa shape index (κ1) is 24.2. The Morgan fingerprint density at radius 1 is 0.912 bits per heavy atom.